The normalized spacial score (nSPS) is 11.7. The molecule has 0 bridgehead atoms. The number of aliphatic hydroxyl groups is 4. The Morgan fingerprint density at radius 2 is 0.809 bits per heavy atom. The van der Waals surface area contributed by atoms with Gasteiger partial charge < -0.3 is 65.4 Å². The van der Waals surface area contributed by atoms with Gasteiger partial charge in [0, 0.05) is 7.11 Å². The lowest BCUT2D eigenvalue weighted by atomic mass is 9.92. The molecular formula is C34H42N4O9. The van der Waals surface area contributed by atoms with Gasteiger partial charge in [0.15, 0.2) is 0 Å². The number of nitrogens with one attached hydrogen (secondary N) is 4. The van der Waals surface area contributed by atoms with Gasteiger partial charge >= 0.3 is 0 Å². The Bertz CT molecular complexity index is 1380. The van der Waals surface area contributed by atoms with Gasteiger partial charge in [0.25, 0.3) is 0 Å². The maximum Gasteiger partial charge on any atom is 0.235 e. The van der Waals surface area contributed by atoms with Crippen LogP contribution in [-0.2, 0) is 4.74 Å². The Hall–Kier alpha value is -4.92. The van der Waals surface area contributed by atoms with E-state index in [-0.39, 0.29) is 46.6 Å². The molecule has 0 aromatic heterocycles. The third-order valence-electron chi connectivity index (χ3n) is 6.99. The van der Waals surface area contributed by atoms with Crippen LogP contribution in [0.5, 0.6) is 23.0 Å². The number of methoxy groups -OCH3 is 1. The highest BCUT2D eigenvalue weighted by Crippen LogP contribution is 2.34. The number of anilines is 4. The van der Waals surface area contributed by atoms with Crippen molar-refractivity contribution in [1.29, 1.82) is 0 Å². The lowest BCUT2D eigenvalue weighted by molar-refractivity contribution is -0.0513. The largest absolute Gasteiger partial charge is 0.490 e. The molecule has 0 aliphatic rings. The summed E-state index contributed by atoms with van der Waals surface area (Å²) >= 11 is 0. The first-order valence-electron chi connectivity index (χ1n) is 14.9. The second-order valence-electron chi connectivity index (χ2n) is 10.4. The van der Waals surface area contributed by atoms with Crippen molar-refractivity contribution in [2.75, 3.05) is 75.0 Å². The summed E-state index contributed by atoms with van der Waals surface area (Å²) in [6, 6.07) is 28.7. The molecule has 0 aliphatic carbocycles. The number of para-hydroxylation sites is 8. The minimum absolute atomic E-state index is 0.00948. The van der Waals surface area contributed by atoms with E-state index < -0.39 is 11.8 Å². The van der Waals surface area contributed by atoms with E-state index in [4.69, 9.17) is 23.7 Å². The number of ether oxygens (including phenoxy) is 5. The molecule has 0 amide bonds. The summed E-state index contributed by atoms with van der Waals surface area (Å²) in [6.07, 6.45) is -1.26. The lowest BCUT2D eigenvalue weighted by Crippen LogP contribution is -2.45. The zero-order valence-electron chi connectivity index (χ0n) is 26.1. The minimum Gasteiger partial charge on any atom is -0.490 e. The van der Waals surface area contributed by atoms with Crippen LogP contribution >= 0.6 is 0 Å². The van der Waals surface area contributed by atoms with E-state index in [2.05, 4.69) is 21.3 Å². The molecule has 13 heteroatoms. The Labute approximate surface area is 273 Å². The number of hydrogen-bond donors (Lipinski definition) is 8. The minimum atomic E-state index is -1.26. The van der Waals surface area contributed by atoms with Crippen LogP contribution in [0.25, 0.3) is 0 Å². The van der Waals surface area contributed by atoms with E-state index in [9.17, 15) is 20.4 Å². The first-order chi connectivity index (χ1) is 23.0. The molecule has 8 N–H and O–H groups in total. The molecule has 13 nitrogen and oxygen atoms in total. The van der Waals surface area contributed by atoms with Crippen LogP contribution < -0.4 is 40.2 Å². The highest BCUT2D eigenvalue weighted by molar-refractivity contribution is 5.58. The summed E-state index contributed by atoms with van der Waals surface area (Å²) in [5.41, 5.74) is 1.24. The van der Waals surface area contributed by atoms with Crippen molar-refractivity contribution in [2.24, 2.45) is 5.41 Å². The summed E-state index contributed by atoms with van der Waals surface area (Å²) in [6.45, 7) is -0.783. The topological polar surface area (TPSA) is 175 Å². The van der Waals surface area contributed by atoms with Gasteiger partial charge in [-0.3, -0.25) is 0 Å². The molecular weight excluding hydrogens is 608 g/mol. The van der Waals surface area contributed by atoms with Crippen molar-refractivity contribution in [3.8, 4) is 23.0 Å². The van der Waals surface area contributed by atoms with Gasteiger partial charge in [-0.2, -0.15) is 0 Å². The van der Waals surface area contributed by atoms with Gasteiger partial charge in [0.1, 0.15) is 75.0 Å². The molecule has 0 fully saturated rings. The molecule has 0 heterocycles. The SMILES string of the molecule is COC(O)Nc1ccccc1OCC(COc1ccccc1NCO)(COc1ccccc1NCO)COc1ccccc1NCO. The molecule has 4 rings (SSSR count). The molecule has 0 radical (unpaired) electrons. The molecule has 0 spiro atoms. The number of hydrogen-bond acceptors (Lipinski definition) is 13. The molecule has 4 aromatic rings. The van der Waals surface area contributed by atoms with Crippen LogP contribution in [0.1, 0.15) is 0 Å². The smallest absolute Gasteiger partial charge is 0.235 e. The van der Waals surface area contributed by atoms with E-state index in [1.54, 1.807) is 60.7 Å². The predicted octanol–water partition coefficient (Wildman–Crippen LogP) is 3.71. The molecule has 0 aliphatic heterocycles. The van der Waals surface area contributed by atoms with Crippen molar-refractivity contribution < 1.29 is 44.1 Å². The zero-order chi connectivity index (χ0) is 33.3. The number of benzene rings is 4. The molecule has 47 heavy (non-hydrogen) atoms. The lowest BCUT2D eigenvalue weighted by Gasteiger charge is -2.34. The summed E-state index contributed by atoms with van der Waals surface area (Å²) in [5, 5.41) is 50.2. The summed E-state index contributed by atoms with van der Waals surface area (Å²) < 4.78 is 30.5. The van der Waals surface area contributed by atoms with Gasteiger partial charge in [-0.25, -0.2) is 0 Å². The third kappa shape index (κ3) is 10.3. The van der Waals surface area contributed by atoms with E-state index in [0.717, 1.165) is 0 Å². The Balaban J connectivity index is 1.71. The molecule has 0 saturated heterocycles. The molecule has 0 saturated carbocycles. The first kappa shape index (κ1) is 34.9. The molecule has 1 atom stereocenters. The van der Waals surface area contributed by atoms with Crippen LogP contribution in [0.15, 0.2) is 97.1 Å². The maximum atomic E-state index is 10.1. The standard InChI is InChI=1S/C34H42N4O9/c1-43-33(42)38-28-13-5-9-17-32(28)47-21-34(18-44-29-14-6-2-10-25(29)35-22-39,19-45-30-15-7-3-11-26(30)36-23-40)20-46-31-16-8-4-12-27(31)37-24-41/h2-17,33,35-42H,18-24H2,1H3. The fourth-order valence-electron chi connectivity index (χ4n) is 4.55. The molecule has 4 aromatic carbocycles. The third-order valence-corrected chi connectivity index (χ3v) is 6.99. The first-order valence-corrected chi connectivity index (χ1v) is 14.9. The van der Waals surface area contributed by atoms with Crippen molar-refractivity contribution in [2.45, 2.75) is 6.41 Å². The van der Waals surface area contributed by atoms with Gasteiger partial charge in [0.2, 0.25) is 6.41 Å². The molecule has 1 unspecified atom stereocenters. The average molecular weight is 651 g/mol. The average Bonchev–Trinajstić information content (AvgIpc) is 3.10. The van der Waals surface area contributed by atoms with Crippen LogP contribution in [0.2, 0.25) is 0 Å². The van der Waals surface area contributed by atoms with Crippen molar-refractivity contribution in [3.05, 3.63) is 97.1 Å². The summed E-state index contributed by atoms with van der Waals surface area (Å²) in [7, 11) is 1.37. The van der Waals surface area contributed by atoms with Gasteiger partial charge in [-0.05, 0) is 48.5 Å². The summed E-state index contributed by atoms with van der Waals surface area (Å²) in [4.78, 5) is 0. The van der Waals surface area contributed by atoms with Crippen LogP contribution in [-0.4, -0.2) is 80.6 Å². The van der Waals surface area contributed by atoms with Crippen molar-refractivity contribution in [1.82, 2.24) is 0 Å². The quantitative estimate of drug-likeness (QED) is 0.0614. The van der Waals surface area contributed by atoms with Gasteiger partial charge in [-0.15, -0.1) is 0 Å². The Morgan fingerprint density at radius 3 is 1.13 bits per heavy atom. The van der Waals surface area contributed by atoms with E-state index in [1.807, 2.05) is 36.4 Å². The molecule has 252 valence electrons. The highest BCUT2D eigenvalue weighted by atomic mass is 16.6. The second kappa shape index (κ2) is 18.3. The van der Waals surface area contributed by atoms with Crippen LogP contribution in [0.3, 0.4) is 0 Å². The fraction of sp³-hybridized carbons (Fsp3) is 0.294. The van der Waals surface area contributed by atoms with Crippen molar-refractivity contribution in [3.63, 3.8) is 0 Å². The van der Waals surface area contributed by atoms with Crippen molar-refractivity contribution >= 4 is 22.7 Å². The van der Waals surface area contributed by atoms with E-state index in [0.29, 0.717) is 45.7 Å². The Kier molecular flexibility index (Phi) is 13.6. The monoisotopic (exact) mass is 650 g/mol. The van der Waals surface area contributed by atoms with Crippen LogP contribution in [0, 0.1) is 5.41 Å². The number of aliphatic hydroxyl groups excluding tert-OH is 4. The predicted molar refractivity (Wildman–Crippen MR) is 179 cm³/mol. The maximum absolute atomic E-state index is 10.1. The van der Waals surface area contributed by atoms with Gasteiger partial charge in [-0.1, -0.05) is 48.5 Å². The summed E-state index contributed by atoms with van der Waals surface area (Å²) in [5.74, 6) is 1.89. The fourth-order valence-corrected chi connectivity index (χ4v) is 4.55. The van der Waals surface area contributed by atoms with Crippen LogP contribution in [0.4, 0.5) is 22.7 Å². The number of rotatable bonds is 21. The zero-order valence-corrected chi connectivity index (χ0v) is 26.1. The van der Waals surface area contributed by atoms with E-state index >= 15 is 0 Å². The Morgan fingerprint density at radius 1 is 0.511 bits per heavy atom. The van der Waals surface area contributed by atoms with E-state index in [1.165, 1.54) is 7.11 Å². The highest BCUT2D eigenvalue weighted by Gasteiger charge is 2.37. The van der Waals surface area contributed by atoms with Gasteiger partial charge in [0.05, 0.1) is 22.7 Å². The second-order valence-corrected chi connectivity index (χ2v) is 10.4.